The van der Waals surface area contributed by atoms with Crippen LogP contribution in [-0.4, -0.2) is 36.7 Å². The normalized spacial score (nSPS) is 18.5. The molecule has 3 aromatic carbocycles. The van der Waals surface area contributed by atoms with Gasteiger partial charge in [-0.3, -0.25) is 9.69 Å². The van der Waals surface area contributed by atoms with Crippen LogP contribution in [0, 0.1) is 0 Å². The first-order chi connectivity index (χ1) is 16.6. The summed E-state index contributed by atoms with van der Waals surface area (Å²) in [7, 11) is 3.63. The fraction of sp³-hybridized carbons (Fsp3) is 0.111. The van der Waals surface area contributed by atoms with Crippen LogP contribution in [-0.2, 0) is 4.79 Å². The minimum Gasteiger partial charge on any atom is -0.497 e. The number of hydrogen-bond donors (Lipinski definition) is 0. The van der Waals surface area contributed by atoms with E-state index in [9.17, 15) is 4.79 Å². The molecule has 0 aliphatic carbocycles. The molecule has 0 atom stereocenters. The maximum Gasteiger partial charge on any atom is 0.269 e. The molecule has 170 valence electrons. The Hall–Kier alpha value is -3.42. The highest BCUT2D eigenvalue weighted by molar-refractivity contribution is 8.19. The van der Waals surface area contributed by atoms with E-state index in [0.717, 1.165) is 38.2 Å². The Bertz CT molecular complexity index is 1320. The van der Waals surface area contributed by atoms with E-state index < -0.39 is 0 Å². The highest BCUT2D eigenvalue weighted by Crippen LogP contribution is 2.51. The van der Waals surface area contributed by atoms with Gasteiger partial charge in [0.25, 0.3) is 5.91 Å². The van der Waals surface area contributed by atoms with Crippen molar-refractivity contribution in [1.82, 2.24) is 4.90 Å². The second kappa shape index (κ2) is 9.44. The van der Waals surface area contributed by atoms with Crippen molar-refractivity contribution in [3.63, 3.8) is 0 Å². The molecule has 0 bridgehead atoms. The van der Waals surface area contributed by atoms with Crippen molar-refractivity contribution in [3.8, 4) is 16.9 Å². The molecule has 1 fully saturated rings. The summed E-state index contributed by atoms with van der Waals surface area (Å²) in [6, 6.07) is 24.3. The number of benzene rings is 3. The van der Waals surface area contributed by atoms with Crippen molar-refractivity contribution in [2.75, 3.05) is 25.6 Å². The summed E-state index contributed by atoms with van der Waals surface area (Å²) in [4.78, 5) is 23.7. The lowest BCUT2D eigenvalue weighted by Crippen LogP contribution is -2.29. The molecule has 7 heteroatoms. The summed E-state index contributed by atoms with van der Waals surface area (Å²) >= 11 is 3.00. The van der Waals surface area contributed by atoms with E-state index in [1.165, 1.54) is 11.8 Å². The van der Waals surface area contributed by atoms with E-state index in [-0.39, 0.29) is 5.91 Å². The first-order valence-electron chi connectivity index (χ1n) is 10.8. The molecule has 0 radical (unpaired) electrons. The topological polar surface area (TPSA) is 45.1 Å². The van der Waals surface area contributed by atoms with Gasteiger partial charge in [-0.2, -0.15) is 0 Å². The van der Waals surface area contributed by atoms with Gasteiger partial charge in [-0.1, -0.05) is 60.3 Å². The molecule has 0 saturated carbocycles. The zero-order valence-corrected chi connectivity index (χ0v) is 20.5. The Balaban J connectivity index is 1.46. The monoisotopic (exact) mass is 485 g/mol. The third-order valence-corrected chi connectivity index (χ3v) is 8.04. The Kier molecular flexibility index (Phi) is 6.22. The van der Waals surface area contributed by atoms with Gasteiger partial charge < -0.3 is 9.64 Å². The Labute approximate surface area is 207 Å². The molecule has 5 rings (SSSR count). The SMILES string of the molecule is C=CCN1C(=O)C(=C2Sc3ccc(OC)cc3N2C)SC1=Nc1ccc(-c2ccccc2)cc1. The van der Waals surface area contributed by atoms with Crippen molar-refractivity contribution in [2.24, 2.45) is 4.99 Å². The molecule has 2 aliphatic heterocycles. The summed E-state index contributed by atoms with van der Waals surface area (Å²) in [6.07, 6.45) is 1.73. The molecule has 1 amide bonds. The van der Waals surface area contributed by atoms with E-state index >= 15 is 0 Å². The standard InChI is InChI=1S/C27H23N3O2S2/c1-4-16-30-25(31)24(26-29(2)22-17-21(32-3)14-15-23(22)33-26)34-27(30)28-20-12-10-19(11-13-20)18-8-6-5-7-9-18/h4-15,17H,1,16H2,2-3H3. The zero-order valence-electron chi connectivity index (χ0n) is 18.9. The van der Waals surface area contributed by atoms with Crippen molar-refractivity contribution < 1.29 is 9.53 Å². The molecule has 2 heterocycles. The number of carbonyl (C=O) groups excluding carboxylic acids is 1. The molecular weight excluding hydrogens is 462 g/mol. The number of aliphatic imine (C=N–C) groups is 1. The quantitative estimate of drug-likeness (QED) is 0.304. The molecule has 0 N–H and O–H groups in total. The number of thioether (sulfide) groups is 2. The van der Waals surface area contributed by atoms with Crippen LogP contribution in [0.25, 0.3) is 11.1 Å². The van der Waals surface area contributed by atoms with Crippen LogP contribution >= 0.6 is 23.5 Å². The number of amidine groups is 1. The lowest BCUT2D eigenvalue weighted by atomic mass is 10.1. The molecule has 0 spiro atoms. The lowest BCUT2D eigenvalue weighted by molar-refractivity contribution is -0.121. The molecule has 0 unspecified atom stereocenters. The number of carbonyl (C=O) groups is 1. The molecule has 0 aromatic heterocycles. The number of ether oxygens (including phenoxy) is 1. The number of rotatable bonds is 5. The minimum absolute atomic E-state index is 0.0568. The van der Waals surface area contributed by atoms with Gasteiger partial charge in [0.1, 0.15) is 10.7 Å². The van der Waals surface area contributed by atoms with Gasteiger partial charge >= 0.3 is 0 Å². The highest BCUT2D eigenvalue weighted by atomic mass is 32.2. The van der Waals surface area contributed by atoms with Gasteiger partial charge in [-0.25, -0.2) is 4.99 Å². The molecule has 2 aliphatic rings. The van der Waals surface area contributed by atoms with Crippen LogP contribution in [0.3, 0.4) is 0 Å². The third-order valence-electron chi connectivity index (χ3n) is 5.61. The Morgan fingerprint density at radius 2 is 1.74 bits per heavy atom. The fourth-order valence-electron chi connectivity index (χ4n) is 3.83. The average molecular weight is 486 g/mol. The maximum absolute atomic E-state index is 13.4. The second-order valence-corrected chi connectivity index (χ2v) is 9.75. The minimum atomic E-state index is -0.0568. The van der Waals surface area contributed by atoms with Gasteiger partial charge in [-0.15, -0.1) is 6.58 Å². The first-order valence-corrected chi connectivity index (χ1v) is 12.4. The first kappa shape index (κ1) is 22.4. The number of nitrogens with zero attached hydrogens (tertiary/aromatic N) is 3. The van der Waals surface area contributed by atoms with Gasteiger partial charge in [0, 0.05) is 24.6 Å². The summed E-state index contributed by atoms with van der Waals surface area (Å²) in [5, 5.41) is 1.55. The smallest absolute Gasteiger partial charge is 0.269 e. The Morgan fingerprint density at radius 3 is 2.44 bits per heavy atom. The van der Waals surface area contributed by atoms with Crippen molar-refractivity contribution >= 4 is 46.0 Å². The van der Waals surface area contributed by atoms with E-state index in [4.69, 9.17) is 9.73 Å². The second-order valence-electron chi connectivity index (χ2n) is 7.74. The van der Waals surface area contributed by atoms with Crippen LogP contribution < -0.4 is 9.64 Å². The van der Waals surface area contributed by atoms with E-state index in [2.05, 4.69) is 30.8 Å². The van der Waals surface area contributed by atoms with Crippen LogP contribution in [0.1, 0.15) is 0 Å². The van der Waals surface area contributed by atoms with Gasteiger partial charge in [0.2, 0.25) is 0 Å². The number of hydrogen-bond acceptors (Lipinski definition) is 6. The molecule has 5 nitrogen and oxygen atoms in total. The molecule has 1 saturated heterocycles. The molecule has 34 heavy (non-hydrogen) atoms. The van der Waals surface area contributed by atoms with Crippen LogP contribution in [0.2, 0.25) is 0 Å². The predicted molar refractivity (Wildman–Crippen MR) is 143 cm³/mol. The number of amides is 1. The van der Waals surface area contributed by atoms with E-state index in [1.807, 2.05) is 60.5 Å². The van der Waals surface area contributed by atoms with Crippen molar-refractivity contribution in [1.29, 1.82) is 0 Å². The average Bonchev–Trinajstić information content (AvgIpc) is 3.36. The fourth-order valence-corrected chi connectivity index (χ4v) is 6.16. The van der Waals surface area contributed by atoms with Crippen LogP contribution in [0.5, 0.6) is 5.75 Å². The summed E-state index contributed by atoms with van der Waals surface area (Å²) in [6.45, 7) is 4.23. The van der Waals surface area contributed by atoms with Crippen molar-refractivity contribution in [3.05, 3.63) is 95.4 Å². The van der Waals surface area contributed by atoms with Gasteiger partial charge in [0.05, 0.1) is 23.5 Å². The Morgan fingerprint density at radius 1 is 1.00 bits per heavy atom. The van der Waals surface area contributed by atoms with Crippen molar-refractivity contribution in [2.45, 2.75) is 4.90 Å². The van der Waals surface area contributed by atoms with E-state index in [0.29, 0.717) is 16.6 Å². The largest absolute Gasteiger partial charge is 0.497 e. The lowest BCUT2D eigenvalue weighted by Gasteiger charge is -2.15. The maximum atomic E-state index is 13.4. The highest BCUT2D eigenvalue weighted by Gasteiger charge is 2.38. The van der Waals surface area contributed by atoms with E-state index in [1.54, 1.807) is 29.8 Å². The number of methoxy groups -OCH3 is 1. The zero-order chi connectivity index (χ0) is 23.7. The molecule has 3 aromatic rings. The number of anilines is 1. The number of fused-ring (bicyclic) bond motifs is 1. The molecular formula is C27H23N3O2S2. The summed E-state index contributed by atoms with van der Waals surface area (Å²) in [5.41, 5.74) is 4.11. The van der Waals surface area contributed by atoms with Crippen LogP contribution in [0.4, 0.5) is 11.4 Å². The third kappa shape index (κ3) is 4.13. The summed E-state index contributed by atoms with van der Waals surface area (Å²) in [5.74, 6) is 0.732. The van der Waals surface area contributed by atoms with Crippen LogP contribution in [0.15, 0.2) is 105 Å². The summed E-state index contributed by atoms with van der Waals surface area (Å²) < 4.78 is 5.38. The van der Waals surface area contributed by atoms with Gasteiger partial charge in [-0.05, 0) is 47.2 Å². The predicted octanol–water partition coefficient (Wildman–Crippen LogP) is 6.52. The van der Waals surface area contributed by atoms with Gasteiger partial charge in [0.15, 0.2) is 5.17 Å².